The van der Waals surface area contributed by atoms with Gasteiger partial charge in [0.15, 0.2) is 0 Å². The number of aromatic amines is 1. The van der Waals surface area contributed by atoms with Crippen LogP contribution in [0.2, 0.25) is 0 Å². The zero-order chi connectivity index (χ0) is 10.8. The van der Waals surface area contributed by atoms with Crippen LogP contribution in [-0.4, -0.2) is 21.6 Å². The minimum absolute atomic E-state index is 0.165. The summed E-state index contributed by atoms with van der Waals surface area (Å²) in [5.41, 5.74) is -0.319. The molecule has 0 fully saturated rings. The number of nitrogens with one attached hydrogen (secondary N) is 2. The molecule has 6 heteroatoms. The van der Waals surface area contributed by atoms with E-state index in [9.17, 15) is 4.79 Å². The molecule has 0 aliphatic carbocycles. The van der Waals surface area contributed by atoms with Gasteiger partial charge in [-0.05, 0) is 36.7 Å². The molecule has 0 radical (unpaired) electrons. The first kappa shape index (κ1) is 11.0. The van der Waals surface area contributed by atoms with Crippen molar-refractivity contribution in [2.24, 2.45) is 0 Å². The van der Waals surface area contributed by atoms with Gasteiger partial charge in [0, 0.05) is 5.54 Å². The molecule has 0 unspecified atom stereocenters. The average molecular weight is 262 g/mol. The van der Waals surface area contributed by atoms with Gasteiger partial charge >= 0.3 is 12.1 Å². The zero-order valence-electron chi connectivity index (χ0n) is 8.22. The topological polar surface area (TPSA) is 67.0 Å². The van der Waals surface area contributed by atoms with Crippen molar-refractivity contribution in [2.75, 3.05) is 0 Å². The Bertz CT molecular complexity index is 330. The van der Waals surface area contributed by atoms with Crippen LogP contribution in [0, 0.1) is 0 Å². The Morgan fingerprint density at radius 1 is 1.64 bits per heavy atom. The van der Waals surface area contributed by atoms with Crippen molar-refractivity contribution in [3.8, 4) is 6.01 Å². The Hall–Kier alpha value is -1.04. The molecular formula is C8H12BrN3O2. The third-order valence-corrected chi connectivity index (χ3v) is 1.59. The second-order valence-corrected chi connectivity index (χ2v) is 4.66. The largest absolute Gasteiger partial charge is 0.415 e. The summed E-state index contributed by atoms with van der Waals surface area (Å²) < 4.78 is 5.53. The Kier molecular flexibility index (Phi) is 3.15. The molecule has 0 aliphatic heterocycles. The lowest BCUT2D eigenvalue weighted by Gasteiger charge is -2.18. The third-order valence-electron chi connectivity index (χ3n) is 1.19. The zero-order valence-corrected chi connectivity index (χ0v) is 9.81. The molecular weight excluding hydrogens is 250 g/mol. The van der Waals surface area contributed by atoms with Crippen molar-refractivity contribution in [1.29, 1.82) is 0 Å². The van der Waals surface area contributed by atoms with Gasteiger partial charge < -0.3 is 15.0 Å². The molecule has 0 saturated heterocycles. The number of amides is 1. The first-order chi connectivity index (χ1) is 6.37. The SMILES string of the molecule is CC(C)(C)NC(=O)Oc1ncc(Br)[nH]1. The summed E-state index contributed by atoms with van der Waals surface area (Å²) >= 11 is 3.15. The number of aromatic nitrogens is 2. The van der Waals surface area contributed by atoms with Gasteiger partial charge in [0.2, 0.25) is 0 Å². The number of carbonyl (C=O) groups excluding carboxylic acids is 1. The quantitative estimate of drug-likeness (QED) is 0.814. The van der Waals surface area contributed by atoms with Gasteiger partial charge in [0.1, 0.15) is 4.60 Å². The number of imidazole rings is 1. The van der Waals surface area contributed by atoms with Crippen LogP contribution in [0.15, 0.2) is 10.8 Å². The maximum absolute atomic E-state index is 11.2. The Morgan fingerprint density at radius 2 is 2.29 bits per heavy atom. The monoisotopic (exact) mass is 261 g/mol. The second-order valence-electron chi connectivity index (χ2n) is 3.80. The second kappa shape index (κ2) is 4.00. The van der Waals surface area contributed by atoms with Crippen LogP contribution >= 0.6 is 15.9 Å². The average Bonchev–Trinajstić information content (AvgIpc) is 2.30. The smallest absolute Gasteiger partial charge is 0.375 e. The number of ether oxygens (including phenoxy) is 1. The van der Waals surface area contributed by atoms with Gasteiger partial charge in [-0.3, -0.25) is 0 Å². The van der Waals surface area contributed by atoms with E-state index < -0.39 is 6.09 Å². The van der Waals surface area contributed by atoms with E-state index in [4.69, 9.17) is 4.74 Å². The van der Waals surface area contributed by atoms with E-state index in [2.05, 4.69) is 31.2 Å². The molecule has 0 aromatic carbocycles. The number of nitrogens with zero attached hydrogens (tertiary/aromatic N) is 1. The van der Waals surface area contributed by atoms with E-state index in [1.807, 2.05) is 20.8 Å². The summed E-state index contributed by atoms with van der Waals surface area (Å²) in [6, 6.07) is 0.165. The molecule has 0 saturated carbocycles. The number of halogens is 1. The van der Waals surface area contributed by atoms with E-state index in [0.29, 0.717) is 4.60 Å². The highest BCUT2D eigenvalue weighted by molar-refractivity contribution is 9.10. The summed E-state index contributed by atoms with van der Waals surface area (Å²) in [7, 11) is 0. The van der Waals surface area contributed by atoms with E-state index in [1.54, 1.807) is 0 Å². The summed E-state index contributed by atoms with van der Waals surface area (Å²) in [5, 5.41) is 2.64. The minimum Gasteiger partial charge on any atom is -0.375 e. The molecule has 78 valence electrons. The standard InChI is InChI=1S/C8H12BrN3O2/c1-8(2,3)12-7(13)14-6-10-4-5(9)11-6/h4H,1-3H3,(H,10,11)(H,12,13). The fourth-order valence-electron chi connectivity index (χ4n) is 0.753. The summed E-state index contributed by atoms with van der Waals surface area (Å²) in [4.78, 5) is 17.7. The maximum atomic E-state index is 11.2. The van der Waals surface area contributed by atoms with Gasteiger partial charge in [0.25, 0.3) is 0 Å². The molecule has 14 heavy (non-hydrogen) atoms. The van der Waals surface area contributed by atoms with Crippen molar-refractivity contribution in [3.05, 3.63) is 10.8 Å². The number of carbonyl (C=O) groups is 1. The summed E-state index contributed by atoms with van der Waals surface area (Å²) in [6.45, 7) is 5.60. The van der Waals surface area contributed by atoms with E-state index in [1.165, 1.54) is 6.20 Å². The highest BCUT2D eigenvalue weighted by Gasteiger charge is 2.16. The fourth-order valence-corrected chi connectivity index (χ4v) is 1.03. The number of hydrogen-bond acceptors (Lipinski definition) is 3. The van der Waals surface area contributed by atoms with Crippen molar-refractivity contribution < 1.29 is 9.53 Å². The van der Waals surface area contributed by atoms with Crippen LogP contribution in [0.25, 0.3) is 0 Å². The molecule has 1 aromatic heterocycles. The van der Waals surface area contributed by atoms with Crippen LogP contribution in [0.4, 0.5) is 4.79 Å². The third kappa shape index (κ3) is 3.78. The van der Waals surface area contributed by atoms with Crippen LogP contribution in [0.3, 0.4) is 0 Å². The first-order valence-corrected chi connectivity index (χ1v) is 4.86. The molecule has 1 rings (SSSR count). The van der Waals surface area contributed by atoms with Crippen LogP contribution < -0.4 is 10.1 Å². The van der Waals surface area contributed by atoms with Crippen molar-refractivity contribution in [1.82, 2.24) is 15.3 Å². The van der Waals surface area contributed by atoms with Crippen LogP contribution in [-0.2, 0) is 0 Å². The summed E-state index contributed by atoms with van der Waals surface area (Å²) in [5.74, 6) is 0. The Balaban J connectivity index is 2.50. The van der Waals surface area contributed by atoms with Gasteiger partial charge in [-0.2, -0.15) is 0 Å². The molecule has 1 aromatic rings. The van der Waals surface area contributed by atoms with Crippen molar-refractivity contribution in [2.45, 2.75) is 26.3 Å². The summed E-state index contributed by atoms with van der Waals surface area (Å²) in [6.07, 6.45) is 0.985. The van der Waals surface area contributed by atoms with Gasteiger partial charge in [-0.25, -0.2) is 9.78 Å². The van der Waals surface area contributed by atoms with Gasteiger partial charge in [0.05, 0.1) is 6.20 Å². The number of rotatable bonds is 1. The van der Waals surface area contributed by atoms with Crippen LogP contribution in [0.5, 0.6) is 6.01 Å². The van der Waals surface area contributed by atoms with E-state index >= 15 is 0 Å². The molecule has 1 heterocycles. The molecule has 0 aliphatic rings. The minimum atomic E-state index is -0.528. The van der Waals surface area contributed by atoms with Crippen molar-refractivity contribution in [3.63, 3.8) is 0 Å². The van der Waals surface area contributed by atoms with E-state index in [0.717, 1.165) is 0 Å². The highest BCUT2D eigenvalue weighted by atomic mass is 79.9. The fraction of sp³-hybridized carbons (Fsp3) is 0.500. The van der Waals surface area contributed by atoms with Gasteiger partial charge in [-0.1, -0.05) is 0 Å². The predicted molar refractivity (Wildman–Crippen MR) is 55.2 cm³/mol. The molecule has 0 spiro atoms. The lowest BCUT2D eigenvalue weighted by atomic mass is 10.1. The number of hydrogen-bond donors (Lipinski definition) is 2. The lowest BCUT2D eigenvalue weighted by molar-refractivity contribution is 0.187. The molecule has 1 amide bonds. The molecule has 5 nitrogen and oxygen atoms in total. The Morgan fingerprint density at radius 3 is 2.71 bits per heavy atom. The molecule has 2 N–H and O–H groups in total. The molecule has 0 atom stereocenters. The van der Waals surface area contributed by atoms with Crippen LogP contribution in [0.1, 0.15) is 20.8 Å². The van der Waals surface area contributed by atoms with Gasteiger partial charge in [-0.15, -0.1) is 0 Å². The van der Waals surface area contributed by atoms with E-state index in [-0.39, 0.29) is 11.5 Å². The normalized spacial score (nSPS) is 11.1. The number of H-pyrrole nitrogens is 1. The first-order valence-electron chi connectivity index (χ1n) is 4.07. The Labute approximate surface area is 90.4 Å². The van der Waals surface area contributed by atoms with Crippen molar-refractivity contribution >= 4 is 22.0 Å². The maximum Gasteiger partial charge on any atom is 0.415 e. The highest BCUT2D eigenvalue weighted by Crippen LogP contribution is 2.10. The predicted octanol–water partition coefficient (Wildman–Crippen LogP) is 2.06. The molecule has 0 bridgehead atoms. The lowest BCUT2D eigenvalue weighted by Crippen LogP contribution is -2.42.